The van der Waals surface area contributed by atoms with E-state index in [0.29, 0.717) is 51.1 Å². The summed E-state index contributed by atoms with van der Waals surface area (Å²) in [5.74, 6) is 2.40. The topological polar surface area (TPSA) is 106 Å². The molecule has 1 aliphatic carbocycles. The molecule has 0 unspecified atom stereocenters. The summed E-state index contributed by atoms with van der Waals surface area (Å²) in [5.41, 5.74) is 2.61. The van der Waals surface area contributed by atoms with Crippen molar-refractivity contribution in [2.75, 3.05) is 18.2 Å². The minimum Gasteiger partial charge on any atom is -0.493 e. The molecule has 1 aliphatic rings. The maximum atomic E-state index is 12.9. The molecule has 3 heterocycles. The minimum absolute atomic E-state index is 0.157. The largest absolute Gasteiger partial charge is 0.493 e. The molecule has 198 valence electrons. The van der Waals surface area contributed by atoms with Crippen molar-refractivity contribution in [1.82, 2.24) is 14.8 Å². The molecule has 10 heteroatoms. The van der Waals surface area contributed by atoms with Crippen LogP contribution in [0, 0.1) is 22.7 Å². The Hall–Kier alpha value is -3.29. The first kappa shape index (κ1) is 26.3. The molecule has 38 heavy (non-hydrogen) atoms. The highest BCUT2D eigenvalue weighted by Gasteiger charge is 2.32. The average molecular weight is 550 g/mol. The number of ether oxygens (including phenoxy) is 1. The van der Waals surface area contributed by atoms with Gasteiger partial charge in [-0.1, -0.05) is 44.7 Å². The molecule has 4 aromatic rings. The lowest BCUT2D eigenvalue weighted by Crippen LogP contribution is -2.26. The standard InChI is InChI=1S/C28H31N5O3S2/c1-6-33-25(21-12-16-8-7-9-20(35-5)24(16)36-21)31-32-27(33)37-15-23(34)30-26-19(14-29)18-11-10-17(28(2,3)4)13-22(18)38-26/h7-9,12,17H,6,10-11,13,15H2,1-5H3,(H,30,34)/t17-/m0/s1. The summed E-state index contributed by atoms with van der Waals surface area (Å²) in [4.78, 5) is 14.2. The van der Waals surface area contributed by atoms with E-state index >= 15 is 0 Å². The van der Waals surface area contributed by atoms with Crippen LogP contribution in [0.3, 0.4) is 0 Å². The summed E-state index contributed by atoms with van der Waals surface area (Å²) >= 11 is 2.86. The second kappa shape index (κ2) is 10.5. The molecule has 0 aliphatic heterocycles. The number of furan rings is 1. The summed E-state index contributed by atoms with van der Waals surface area (Å²) in [6.07, 6.45) is 2.91. The van der Waals surface area contributed by atoms with Gasteiger partial charge >= 0.3 is 0 Å². The molecular weight excluding hydrogens is 518 g/mol. The predicted molar refractivity (Wildman–Crippen MR) is 151 cm³/mol. The normalized spacial score (nSPS) is 15.3. The predicted octanol–water partition coefficient (Wildman–Crippen LogP) is 6.53. The third-order valence-corrected chi connectivity index (χ3v) is 9.31. The molecule has 8 nitrogen and oxygen atoms in total. The maximum absolute atomic E-state index is 12.9. The first-order valence-corrected chi connectivity index (χ1v) is 14.5. The first-order chi connectivity index (χ1) is 18.2. The van der Waals surface area contributed by atoms with Gasteiger partial charge in [0.05, 0.1) is 18.4 Å². The molecular formula is C28H31N5O3S2. The van der Waals surface area contributed by atoms with Crippen LogP contribution in [0.5, 0.6) is 5.75 Å². The van der Waals surface area contributed by atoms with E-state index in [1.54, 1.807) is 18.4 Å². The maximum Gasteiger partial charge on any atom is 0.235 e. The average Bonchev–Trinajstić information content (AvgIpc) is 3.59. The molecule has 0 saturated carbocycles. The van der Waals surface area contributed by atoms with E-state index in [0.717, 1.165) is 30.2 Å². The van der Waals surface area contributed by atoms with Crippen LogP contribution in [0.25, 0.3) is 22.6 Å². The van der Waals surface area contributed by atoms with Crippen molar-refractivity contribution in [2.45, 2.75) is 58.7 Å². The van der Waals surface area contributed by atoms with Gasteiger partial charge in [0.1, 0.15) is 11.1 Å². The Kier molecular flexibility index (Phi) is 7.25. The second-order valence-electron chi connectivity index (χ2n) is 10.5. The number of fused-ring (bicyclic) bond motifs is 2. The lowest BCUT2D eigenvalue weighted by molar-refractivity contribution is -0.113. The van der Waals surface area contributed by atoms with Gasteiger partial charge in [-0.3, -0.25) is 9.36 Å². The Morgan fingerprint density at radius 2 is 2.18 bits per heavy atom. The van der Waals surface area contributed by atoms with E-state index in [1.165, 1.54) is 16.6 Å². The van der Waals surface area contributed by atoms with Crippen LogP contribution < -0.4 is 10.1 Å². The summed E-state index contributed by atoms with van der Waals surface area (Å²) in [6, 6.07) is 9.98. The Labute approximate surface area is 230 Å². The lowest BCUT2D eigenvalue weighted by Gasteiger charge is -2.33. The third-order valence-electron chi connectivity index (χ3n) is 7.17. The van der Waals surface area contributed by atoms with E-state index in [-0.39, 0.29) is 17.1 Å². The number of para-hydroxylation sites is 1. The minimum atomic E-state index is -0.168. The number of anilines is 1. The Balaban J connectivity index is 1.30. The molecule has 1 amide bonds. The van der Waals surface area contributed by atoms with Crippen LogP contribution >= 0.6 is 23.1 Å². The number of nitrogens with zero attached hydrogens (tertiary/aromatic N) is 4. The van der Waals surface area contributed by atoms with Crippen molar-refractivity contribution in [2.24, 2.45) is 11.3 Å². The number of carbonyl (C=O) groups excluding carboxylic acids is 1. The Morgan fingerprint density at radius 1 is 1.37 bits per heavy atom. The number of rotatable bonds is 7. The van der Waals surface area contributed by atoms with Crippen LogP contribution in [-0.2, 0) is 24.2 Å². The van der Waals surface area contributed by atoms with Crippen molar-refractivity contribution in [3.63, 3.8) is 0 Å². The number of carbonyl (C=O) groups is 1. The van der Waals surface area contributed by atoms with E-state index in [4.69, 9.17) is 9.15 Å². The zero-order chi connectivity index (χ0) is 27.0. The number of hydrogen-bond donors (Lipinski definition) is 1. The quantitative estimate of drug-likeness (QED) is 0.261. The zero-order valence-electron chi connectivity index (χ0n) is 22.3. The molecule has 3 aromatic heterocycles. The number of amides is 1. The molecule has 1 N–H and O–H groups in total. The highest BCUT2D eigenvalue weighted by atomic mass is 32.2. The van der Waals surface area contributed by atoms with Crippen LogP contribution in [0.2, 0.25) is 0 Å². The second-order valence-corrected chi connectivity index (χ2v) is 12.5. The van der Waals surface area contributed by atoms with Gasteiger partial charge in [0.25, 0.3) is 0 Å². The fourth-order valence-electron chi connectivity index (χ4n) is 4.99. The highest BCUT2D eigenvalue weighted by molar-refractivity contribution is 7.99. The van der Waals surface area contributed by atoms with Gasteiger partial charge in [0.15, 0.2) is 22.2 Å². The van der Waals surface area contributed by atoms with E-state index in [9.17, 15) is 10.1 Å². The smallest absolute Gasteiger partial charge is 0.235 e. The van der Waals surface area contributed by atoms with Gasteiger partial charge < -0.3 is 14.5 Å². The van der Waals surface area contributed by atoms with Crippen molar-refractivity contribution in [3.05, 3.63) is 40.3 Å². The molecule has 0 fully saturated rings. The van der Waals surface area contributed by atoms with Gasteiger partial charge in [-0.25, -0.2) is 0 Å². The molecule has 0 radical (unpaired) electrons. The van der Waals surface area contributed by atoms with Gasteiger partial charge in [-0.2, -0.15) is 5.26 Å². The summed E-state index contributed by atoms with van der Waals surface area (Å²) in [7, 11) is 1.61. The molecule has 0 spiro atoms. The molecule has 1 aromatic carbocycles. The molecule has 5 rings (SSSR count). The van der Waals surface area contributed by atoms with Crippen molar-refractivity contribution >= 4 is 45.0 Å². The number of hydrogen-bond acceptors (Lipinski definition) is 8. The van der Waals surface area contributed by atoms with Gasteiger partial charge in [0.2, 0.25) is 11.7 Å². The van der Waals surface area contributed by atoms with Crippen molar-refractivity contribution in [1.29, 1.82) is 5.26 Å². The molecule has 1 atom stereocenters. The van der Waals surface area contributed by atoms with Crippen LogP contribution in [0.15, 0.2) is 33.8 Å². The Morgan fingerprint density at radius 3 is 2.89 bits per heavy atom. The zero-order valence-corrected chi connectivity index (χ0v) is 23.9. The fourth-order valence-corrected chi connectivity index (χ4v) is 7.09. The van der Waals surface area contributed by atoms with Gasteiger partial charge in [-0.05, 0) is 55.2 Å². The van der Waals surface area contributed by atoms with Crippen LogP contribution in [-0.4, -0.2) is 33.5 Å². The van der Waals surface area contributed by atoms with Gasteiger partial charge in [-0.15, -0.1) is 21.5 Å². The number of benzene rings is 1. The first-order valence-electron chi connectivity index (χ1n) is 12.7. The number of thioether (sulfide) groups is 1. The van der Waals surface area contributed by atoms with Crippen molar-refractivity contribution < 1.29 is 13.9 Å². The summed E-state index contributed by atoms with van der Waals surface area (Å²) < 4.78 is 13.4. The highest BCUT2D eigenvalue weighted by Crippen LogP contribution is 2.44. The monoisotopic (exact) mass is 549 g/mol. The third kappa shape index (κ3) is 4.93. The van der Waals surface area contributed by atoms with Gasteiger partial charge in [0, 0.05) is 16.8 Å². The molecule has 0 bridgehead atoms. The number of nitriles is 1. The summed E-state index contributed by atoms with van der Waals surface area (Å²) in [5, 5.41) is 23.7. The van der Waals surface area contributed by atoms with Crippen LogP contribution in [0.4, 0.5) is 5.00 Å². The lowest BCUT2D eigenvalue weighted by atomic mass is 9.72. The number of nitrogens with one attached hydrogen (secondary N) is 1. The summed E-state index contributed by atoms with van der Waals surface area (Å²) in [6.45, 7) is 9.43. The number of thiophene rings is 1. The Bertz CT molecular complexity index is 1540. The van der Waals surface area contributed by atoms with Crippen molar-refractivity contribution in [3.8, 4) is 23.4 Å². The van der Waals surface area contributed by atoms with Crippen LogP contribution in [0.1, 0.15) is 50.1 Å². The van der Waals surface area contributed by atoms with E-state index in [1.807, 2.05) is 35.8 Å². The fraction of sp³-hybridized carbons (Fsp3) is 0.429. The SMILES string of the molecule is CCn1c(SCC(=O)Nc2sc3c(c2C#N)CC[C@H](C(C)(C)C)C3)nnc1-c1cc2cccc(OC)c2o1. The number of methoxy groups -OCH3 is 1. The molecule has 0 saturated heterocycles. The van der Waals surface area contributed by atoms with E-state index in [2.05, 4.69) is 42.4 Å². The van der Waals surface area contributed by atoms with E-state index < -0.39 is 0 Å². The number of aromatic nitrogens is 3.